The fraction of sp³-hybridized carbons (Fsp3) is 0.280. The number of hydrogen-bond acceptors (Lipinski definition) is 14. The van der Waals surface area contributed by atoms with Crippen molar-refractivity contribution in [1.29, 1.82) is 0 Å². The number of carbonyl (C=O) groups excluding carboxylic acids is 2. The van der Waals surface area contributed by atoms with Crippen molar-refractivity contribution in [2.24, 2.45) is 0 Å². The molecule has 9 aromatic rings. The maximum absolute atomic E-state index is 13.6. The van der Waals surface area contributed by atoms with Gasteiger partial charge in [-0.3, -0.25) is 19.7 Å². The molecule has 3 aromatic heterocycles. The van der Waals surface area contributed by atoms with Crippen LogP contribution in [0.4, 0.5) is 13.2 Å². The number of aromatic nitrogens is 3. The number of carboxylic acid groups (broad SMARTS) is 3. The number of aliphatic hydroxyl groups is 6. The number of halogens is 3. The van der Waals surface area contributed by atoms with Crippen LogP contribution in [0.15, 0.2) is 164 Å². The van der Waals surface area contributed by atoms with Crippen molar-refractivity contribution in [3.63, 3.8) is 0 Å². The molecule has 15 nitrogen and oxygen atoms in total. The Balaban J connectivity index is 0.000000165. The summed E-state index contributed by atoms with van der Waals surface area (Å²) in [6, 6.07) is 42.2. The van der Waals surface area contributed by atoms with Crippen LogP contribution in [0.5, 0.6) is 0 Å². The van der Waals surface area contributed by atoms with Crippen LogP contribution in [-0.4, -0.2) is 143 Å². The van der Waals surface area contributed by atoms with Crippen LogP contribution in [0.25, 0.3) is 84.3 Å². The van der Waals surface area contributed by atoms with Crippen LogP contribution >= 0.6 is 0 Å². The van der Waals surface area contributed by atoms with Gasteiger partial charge < -0.3 is 55.5 Å². The molecule has 0 amide bonds. The molecule has 0 radical (unpaired) electrons. The van der Waals surface area contributed by atoms with Crippen molar-refractivity contribution in [2.45, 2.75) is 131 Å². The average Bonchev–Trinajstić information content (AvgIpc) is 1.44. The summed E-state index contributed by atoms with van der Waals surface area (Å²) in [6.45, 7) is 0. The van der Waals surface area contributed by atoms with Crippen molar-refractivity contribution in [1.82, 2.24) is 15.0 Å². The molecule has 3 aliphatic rings. The van der Waals surface area contributed by atoms with Crippen molar-refractivity contribution in [2.75, 3.05) is 0 Å². The maximum Gasteiger partial charge on any atom is 2.00 e. The second-order valence-electron chi connectivity index (χ2n) is 24.0. The summed E-state index contributed by atoms with van der Waals surface area (Å²) < 4.78 is 40.7. The van der Waals surface area contributed by atoms with E-state index in [0.29, 0.717) is 17.8 Å². The molecule has 0 spiro atoms. The zero-order valence-electron chi connectivity index (χ0n) is 51.4. The Hall–Kier alpha value is -8.01. The Morgan fingerprint density at radius 1 is 0.415 bits per heavy atom. The van der Waals surface area contributed by atoms with Gasteiger partial charge in [-0.05, 0) is 110 Å². The van der Waals surface area contributed by atoms with Gasteiger partial charge in [0.25, 0.3) is 0 Å². The number of nitrogens with zero attached hydrogens (tertiary/aromatic N) is 3. The Kier molecular flexibility index (Phi) is 24.2. The van der Waals surface area contributed by atoms with E-state index in [1.165, 1.54) is 36.4 Å². The number of hydrogen-bond donors (Lipinski definition) is 7. The molecule has 94 heavy (non-hydrogen) atoms. The predicted octanol–water partition coefficient (Wildman–Crippen LogP) is 10.5. The number of aliphatic hydroxyl groups excluding tert-OH is 6. The SMILES string of the molecule is O=C(O)C[C@H](O)C[C@H](O)/C=C/c1c(C2CC2)nc2ccccc2c1-c1ccc(F)cc1.O=C([O-])C[C@H](O)C[C@H](O)/C=C/c1c(C2CC2)nc2ccccc2c1-c1ccc(F)cc1.O=C([O-])C[C@H](O)C[C@H](O)/C=C/c1c(C2CC2)nc2ccccc2c1-c1ccc(F)cc1.[Ca+2]. The van der Waals surface area contributed by atoms with Gasteiger partial charge in [-0.15, -0.1) is 0 Å². The summed E-state index contributed by atoms with van der Waals surface area (Å²) in [6.07, 6.45) is 7.82. The Bertz CT molecular complexity index is 3800. The van der Waals surface area contributed by atoms with Gasteiger partial charge in [-0.2, -0.15) is 0 Å². The first-order valence-electron chi connectivity index (χ1n) is 31.1. The monoisotopic (exact) mass is 1300 g/mol. The second-order valence-corrected chi connectivity index (χ2v) is 24.0. The van der Waals surface area contributed by atoms with Gasteiger partial charge in [-0.25, -0.2) is 13.2 Å². The molecule has 19 heteroatoms. The summed E-state index contributed by atoms with van der Waals surface area (Å²) in [5, 5.41) is 93.2. The van der Waals surface area contributed by atoms with Gasteiger partial charge in [0.05, 0.1) is 76.7 Å². The normalized spacial score (nSPS) is 15.8. The zero-order valence-corrected chi connectivity index (χ0v) is 53.6. The predicted molar refractivity (Wildman–Crippen MR) is 352 cm³/mol. The zero-order chi connectivity index (χ0) is 65.9. The van der Waals surface area contributed by atoms with Crippen LogP contribution in [0.3, 0.4) is 0 Å². The van der Waals surface area contributed by atoms with E-state index in [4.69, 9.17) is 20.1 Å². The maximum atomic E-state index is 13.6. The van der Waals surface area contributed by atoms with E-state index < -0.39 is 73.8 Å². The van der Waals surface area contributed by atoms with E-state index in [1.807, 2.05) is 72.8 Å². The molecule has 6 atom stereocenters. The van der Waals surface area contributed by atoms with Gasteiger partial charge in [0, 0.05) is 111 Å². The third-order valence-electron chi connectivity index (χ3n) is 16.4. The van der Waals surface area contributed by atoms with E-state index in [0.717, 1.165) is 138 Å². The minimum atomic E-state index is -1.36. The van der Waals surface area contributed by atoms with Crippen molar-refractivity contribution < 1.29 is 73.5 Å². The Morgan fingerprint density at radius 3 is 0.915 bits per heavy atom. The second kappa shape index (κ2) is 32.4. The van der Waals surface area contributed by atoms with Crippen molar-refractivity contribution >= 4 is 107 Å². The first-order valence-corrected chi connectivity index (χ1v) is 31.1. The standard InChI is InChI=1S/3C25H24FNO4.Ca/c3*26-17-9-7-15(8-10-17)24-20-3-1-2-4-22(20)27-25(16-5-6-16)21(24)12-11-18(28)13-19(29)14-23(30)31;/h3*1-4,7-12,16,18-19,28-29H,5-6,13-14H2,(H,30,31);/q;;;+2/p-2/b3*12-11+;/t3*18-,19-;/m111./s1. The van der Waals surface area contributed by atoms with E-state index in [9.17, 15) is 68.4 Å². The van der Waals surface area contributed by atoms with Crippen molar-refractivity contribution in [3.05, 3.63) is 215 Å². The van der Waals surface area contributed by atoms with E-state index in [-0.39, 0.29) is 74.5 Å². The Labute approximate surface area is 571 Å². The molecule has 3 fully saturated rings. The first kappa shape index (κ1) is 70.3. The fourth-order valence-corrected chi connectivity index (χ4v) is 11.6. The number of para-hydroxylation sites is 3. The first-order chi connectivity index (χ1) is 44.8. The molecule has 12 rings (SSSR count). The average molecular weight is 1300 g/mol. The number of fused-ring (bicyclic) bond motifs is 3. The fourth-order valence-electron chi connectivity index (χ4n) is 11.6. The number of carboxylic acids is 3. The molecular weight excluding hydrogens is 1230 g/mol. The van der Waals surface area contributed by atoms with Crippen LogP contribution in [0.2, 0.25) is 0 Å². The quantitative estimate of drug-likeness (QED) is 0.0277. The Morgan fingerprint density at radius 2 is 0.670 bits per heavy atom. The largest absolute Gasteiger partial charge is 2.00 e. The molecule has 3 saturated carbocycles. The molecule has 0 bridgehead atoms. The minimum Gasteiger partial charge on any atom is -0.550 e. The third kappa shape index (κ3) is 18.9. The molecule has 0 aliphatic heterocycles. The molecule has 0 saturated heterocycles. The molecule has 3 aliphatic carbocycles. The topological polar surface area (TPSA) is 278 Å². The van der Waals surface area contributed by atoms with Gasteiger partial charge >= 0.3 is 43.7 Å². The minimum absolute atomic E-state index is 0. The van der Waals surface area contributed by atoms with Gasteiger partial charge in [0.15, 0.2) is 0 Å². The third-order valence-corrected chi connectivity index (χ3v) is 16.4. The van der Waals surface area contributed by atoms with Gasteiger partial charge in [0.1, 0.15) is 17.5 Å². The molecule has 480 valence electrons. The van der Waals surface area contributed by atoms with E-state index in [1.54, 1.807) is 72.9 Å². The van der Waals surface area contributed by atoms with Gasteiger partial charge in [-0.1, -0.05) is 127 Å². The van der Waals surface area contributed by atoms with Crippen molar-refractivity contribution in [3.8, 4) is 33.4 Å². The van der Waals surface area contributed by atoms with Gasteiger partial charge in [0.2, 0.25) is 0 Å². The molecule has 0 unspecified atom stereocenters. The number of benzene rings is 6. The number of pyridine rings is 3. The van der Waals surface area contributed by atoms with E-state index >= 15 is 0 Å². The summed E-state index contributed by atoms with van der Waals surface area (Å²) >= 11 is 0. The smallest absolute Gasteiger partial charge is 0.550 e. The number of aliphatic carboxylic acids is 3. The van der Waals surface area contributed by atoms with Crippen LogP contribution < -0.4 is 10.2 Å². The summed E-state index contributed by atoms with van der Waals surface area (Å²) in [7, 11) is 0. The summed E-state index contributed by atoms with van der Waals surface area (Å²) in [4.78, 5) is 46.7. The molecular formula is C75H70CaF3N3O12. The van der Waals surface area contributed by atoms with E-state index in [2.05, 4.69) is 0 Å². The van der Waals surface area contributed by atoms with Crippen LogP contribution in [0.1, 0.15) is 129 Å². The summed E-state index contributed by atoms with van der Waals surface area (Å²) in [5.41, 5.74) is 13.2. The summed E-state index contributed by atoms with van der Waals surface area (Å²) in [5.74, 6) is -3.82. The number of rotatable bonds is 24. The van der Waals surface area contributed by atoms with Crippen LogP contribution in [-0.2, 0) is 14.4 Å². The molecule has 6 aromatic carbocycles. The molecule has 7 N–H and O–H groups in total. The number of carbonyl (C=O) groups is 3. The van der Waals surface area contributed by atoms with Crippen LogP contribution in [0, 0.1) is 17.5 Å². The molecule has 3 heterocycles.